The quantitative estimate of drug-likeness (QED) is 0.347. The molecule has 1 heterocycles. The van der Waals surface area contributed by atoms with Crippen LogP contribution in [0.15, 0.2) is 58.3 Å². The fourth-order valence-corrected chi connectivity index (χ4v) is 3.63. The van der Waals surface area contributed by atoms with Crippen molar-refractivity contribution < 1.29 is 25.9 Å². The monoisotopic (exact) mass is 438 g/mol. The summed E-state index contributed by atoms with van der Waals surface area (Å²) >= 11 is 0. The molecule has 3 rings (SSSR count). The van der Waals surface area contributed by atoms with E-state index in [4.69, 9.17) is 5.73 Å². The molecule has 0 unspecified atom stereocenters. The van der Waals surface area contributed by atoms with Crippen LogP contribution in [0.25, 0.3) is 0 Å². The molecule has 0 saturated heterocycles. The molecule has 1 aromatic heterocycles. The number of nitrogens with two attached hydrogens (primary N) is 1. The summed E-state index contributed by atoms with van der Waals surface area (Å²) < 4.78 is 64.6. The Kier molecular flexibility index (Phi) is 5.34. The summed E-state index contributed by atoms with van der Waals surface area (Å²) in [5.41, 5.74) is 5.59. The summed E-state index contributed by atoms with van der Waals surface area (Å²) in [6.07, 6.45) is 0. The first-order chi connectivity index (χ1) is 13.5. The molecular weight excluding hydrogens is 424 g/mol. The molecule has 3 aromatic rings. The second kappa shape index (κ2) is 7.59. The third-order valence-electron chi connectivity index (χ3n) is 3.48. The van der Waals surface area contributed by atoms with E-state index in [9.17, 15) is 25.9 Å². The lowest BCUT2D eigenvalue weighted by Crippen LogP contribution is -2.10. The van der Waals surface area contributed by atoms with E-state index in [1.54, 1.807) is 0 Å². The number of hydrogen-bond donors (Lipinski definition) is 5. The van der Waals surface area contributed by atoms with Gasteiger partial charge in [-0.25, -0.2) is 0 Å². The molecule has 12 nitrogen and oxygen atoms in total. The third-order valence-corrected chi connectivity index (χ3v) is 5.30. The normalized spacial score (nSPS) is 11.8. The summed E-state index contributed by atoms with van der Waals surface area (Å²) in [4.78, 5) is 10.8. The van der Waals surface area contributed by atoms with Crippen LogP contribution >= 0.6 is 0 Å². The Hall–Kier alpha value is -3.33. The second-order valence-electron chi connectivity index (χ2n) is 5.53. The van der Waals surface area contributed by atoms with Gasteiger partial charge < -0.3 is 16.4 Å². The van der Waals surface area contributed by atoms with E-state index in [2.05, 4.69) is 25.6 Å². The topological polar surface area (TPSA) is 197 Å². The first-order valence-electron chi connectivity index (χ1n) is 7.73. The van der Waals surface area contributed by atoms with Crippen molar-refractivity contribution in [1.29, 1.82) is 0 Å². The van der Waals surface area contributed by atoms with E-state index in [0.717, 1.165) is 0 Å². The maximum absolute atomic E-state index is 11.5. The summed E-state index contributed by atoms with van der Waals surface area (Å²) in [7, 11) is -9.04. The predicted molar refractivity (Wildman–Crippen MR) is 103 cm³/mol. The van der Waals surface area contributed by atoms with E-state index in [-0.39, 0.29) is 29.2 Å². The zero-order chi connectivity index (χ0) is 21.2. The number of nitrogen functional groups attached to an aromatic ring is 1. The molecule has 0 radical (unpaired) electrons. The van der Waals surface area contributed by atoms with Crippen LogP contribution in [0.3, 0.4) is 0 Å². The van der Waals surface area contributed by atoms with Gasteiger partial charge in [0, 0.05) is 0 Å². The minimum atomic E-state index is -4.52. The van der Waals surface area contributed by atoms with Gasteiger partial charge in [-0.2, -0.15) is 31.8 Å². The summed E-state index contributed by atoms with van der Waals surface area (Å²) in [6.45, 7) is 0. The number of benzene rings is 2. The van der Waals surface area contributed by atoms with E-state index >= 15 is 0 Å². The SMILES string of the molecule is Nc1nc(Nc2ccccc2S(=O)(=O)O)nc(Nc2ccccc2S(=O)(=O)O)n1. The smallest absolute Gasteiger partial charge is 0.296 e. The Labute approximate surface area is 165 Å². The second-order valence-corrected chi connectivity index (χ2v) is 8.31. The van der Waals surface area contributed by atoms with Crippen molar-refractivity contribution >= 4 is 49.5 Å². The number of anilines is 5. The lowest BCUT2D eigenvalue weighted by Gasteiger charge is -2.12. The number of hydrogen-bond acceptors (Lipinski definition) is 10. The van der Waals surface area contributed by atoms with E-state index in [0.29, 0.717) is 0 Å². The van der Waals surface area contributed by atoms with Crippen LogP contribution in [0, 0.1) is 0 Å². The van der Waals surface area contributed by atoms with E-state index in [1.165, 1.54) is 48.5 Å². The average Bonchev–Trinajstić information content (AvgIpc) is 2.60. The molecule has 0 amide bonds. The maximum Gasteiger partial charge on any atom is 0.296 e. The fraction of sp³-hybridized carbons (Fsp3) is 0. The zero-order valence-corrected chi connectivity index (χ0v) is 16.0. The van der Waals surface area contributed by atoms with Crippen molar-refractivity contribution in [3.05, 3.63) is 48.5 Å². The van der Waals surface area contributed by atoms with Gasteiger partial charge in [0.05, 0.1) is 11.4 Å². The zero-order valence-electron chi connectivity index (χ0n) is 14.4. The van der Waals surface area contributed by atoms with Crippen molar-refractivity contribution in [3.63, 3.8) is 0 Å². The molecule has 152 valence electrons. The minimum Gasteiger partial charge on any atom is -0.368 e. The molecule has 0 atom stereocenters. The molecule has 0 aliphatic carbocycles. The molecule has 0 bridgehead atoms. The Morgan fingerprint density at radius 2 is 1.07 bits per heavy atom. The highest BCUT2D eigenvalue weighted by atomic mass is 32.2. The molecule has 0 fully saturated rings. The standard InChI is InChI=1S/C15H14N6O6S2/c16-13-19-14(17-9-5-1-3-7-11(9)28(22,23)24)21-15(20-13)18-10-6-2-4-8-12(10)29(25,26)27/h1-8H,(H,22,23,24)(H,25,26,27)(H4,16,17,18,19,20,21). The maximum atomic E-state index is 11.5. The first-order valence-corrected chi connectivity index (χ1v) is 10.6. The van der Waals surface area contributed by atoms with Crippen LogP contribution in [0.2, 0.25) is 0 Å². The average molecular weight is 438 g/mol. The number of nitrogens with one attached hydrogen (secondary N) is 2. The highest BCUT2D eigenvalue weighted by Crippen LogP contribution is 2.26. The van der Waals surface area contributed by atoms with E-state index < -0.39 is 30.0 Å². The molecule has 6 N–H and O–H groups in total. The number of rotatable bonds is 6. The summed E-state index contributed by atoms with van der Waals surface area (Å²) in [6, 6.07) is 10.9. The Morgan fingerprint density at radius 3 is 1.45 bits per heavy atom. The minimum absolute atomic E-state index is 0.0233. The van der Waals surface area contributed by atoms with Crippen LogP contribution in [0.5, 0.6) is 0 Å². The summed E-state index contributed by atoms with van der Waals surface area (Å²) in [5.74, 6) is -0.625. The van der Waals surface area contributed by atoms with Gasteiger partial charge in [-0.15, -0.1) is 0 Å². The van der Waals surface area contributed by atoms with Gasteiger partial charge in [0.15, 0.2) is 0 Å². The van der Waals surface area contributed by atoms with E-state index in [1.807, 2.05) is 0 Å². The van der Waals surface area contributed by atoms with Gasteiger partial charge in [-0.1, -0.05) is 24.3 Å². The van der Waals surface area contributed by atoms with Crippen molar-refractivity contribution in [2.45, 2.75) is 9.79 Å². The fourth-order valence-electron chi connectivity index (χ4n) is 2.33. The predicted octanol–water partition coefficient (Wildman–Crippen LogP) is 1.43. The Morgan fingerprint density at radius 1 is 0.690 bits per heavy atom. The van der Waals surface area contributed by atoms with Crippen LogP contribution in [0.4, 0.5) is 29.2 Å². The first kappa shape index (κ1) is 20.4. The van der Waals surface area contributed by atoms with Gasteiger partial charge in [-0.05, 0) is 24.3 Å². The highest BCUT2D eigenvalue weighted by Gasteiger charge is 2.18. The van der Waals surface area contributed by atoms with Crippen LogP contribution in [-0.2, 0) is 20.2 Å². The largest absolute Gasteiger partial charge is 0.368 e. The van der Waals surface area contributed by atoms with Crippen molar-refractivity contribution in [2.75, 3.05) is 16.4 Å². The van der Waals surface area contributed by atoms with Crippen LogP contribution in [0.1, 0.15) is 0 Å². The molecule has 0 aliphatic heterocycles. The van der Waals surface area contributed by atoms with Crippen molar-refractivity contribution in [1.82, 2.24) is 15.0 Å². The highest BCUT2D eigenvalue weighted by molar-refractivity contribution is 7.86. The molecule has 0 spiro atoms. The van der Waals surface area contributed by atoms with Gasteiger partial charge >= 0.3 is 0 Å². The van der Waals surface area contributed by atoms with Crippen LogP contribution in [-0.4, -0.2) is 40.9 Å². The Bertz CT molecular complexity index is 1180. The molecule has 0 aliphatic rings. The van der Waals surface area contributed by atoms with Gasteiger partial charge in [0.25, 0.3) is 20.2 Å². The van der Waals surface area contributed by atoms with Crippen molar-refractivity contribution in [2.24, 2.45) is 0 Å². The van der Waals surface area contributed by atoms with Gasteiger partial charge in [-0.3, -0.25) is 9.11 Å². The molecule has 2 aromatic carbocycles. The third kappa shape index (κ3) is 4.94. The molecular formula is C15H14N6O6S2. The lowest BCUT2D eigenvalue weighted by atomic mass is 10.3. The van der Waals surface area contributed by atoms with Crippen molar-refractivity contribution in [3.8, 4) is 0 Å². The number of aromatic nitrogens is 3. The van der Waals surface area contributed by atoms with Gasteiger partial charge in [0.1, 0.15) is 9.79 Å². The van der Waals surface area contributed by atoms with Crippen LogP contribution < -0.4 is 16.4 Å². The van der Waals surface area contributed by atoms with Gasteiger partial charge in [0.2, 0.25) is 17.8 Å². The Balaban J connectivity index is 1.98. The molecule has 0 saturated carbocycles. The molecule has 29 heavy (non-hydrogen) atoms. The number of para-hydroxylation sites is 2. The summed E-state index contributed by atoms with van der Waals surface area (Å²) in [5, 5.41) is 5.20. The number of nitrogens with zero attached hydrogens (tertiary/aromatic N) is 3. The molecule has 14 heteroatoms. The lowest BCUT2D eigenvalue weighted by molar-refractivity contribution is 0.481.